The van der Waals surface area contributed by atoms with Crippen molar-refractivity contribution in [2.75, 3.05) is 19.6 Å². The van der Waals surface area contributed by atoms with Crippen molar-refractivity contribution in [3.05, 3.63) is 0 Å². The maximum absolute atomic E-state index is 12.7. The number of rotatable bonds is 1. The van der Waals surface area contributed by atoms with Gasteiger partial charge in [-0.3, -0.25) is 4.79 Å². The van der Waals surface area contributed by atoms with Crippen LogP contribution in [-0.2, 0) is 4.79 Å². The number of amides is 1. The number of halogens is 3. The van der Waals surface area contributed by atoms with Gasteiger partial charge in [0, 0.05) is 25.0 Å². The molecule has 2 aliphatic heterocycles. The van der Waals surface area contributed by atoms with Crippen LogP contribution in [0, 0.1) is 11.8 Å². The third kappa shape index (κ3) is 3.61. The van der Waals surface area contributed by atoms with Crippen molar-refractivity contribution >= 4 is 5.91 Å². The molecular weight excluding hydrogens is 257 g/mol. The minimum Gasteiger partial charge on any atom is -0.342 e. The monoisotopic (exact) mass is 278 g/mol. The standard InChI is InChI=1S/C13H21F3N2O/c1-9-7-10(4-5-17-9)12(19)18-6-2-3-11(8-18)13(14,15)16/h9-11,17H,2-8H2,1H3. The summed E-state index contributed by atoms with van der Waals surface area (Å²) in [5.41, 5.74) is 0. The molecule has 0 saturated carbocycles. The smallest absolute Gasteiger partial charge is 0.342 e. The fourth-order valence-corrected chi connectivity index (χ4v) is 3.06. The molecule has 3 nitrogen and oxygen atoms in total. The molecule has 2 heterocycles. The summed E-state index contributed by atoms with van der Waals surface area (Å²) in [5.74, 6) is -1.53. The summed E-state index contributed by atoms with van der Waals surface area (Å²) in [4.78, 5) is 13.7. The first-order valence-corrected chi connectivity index (χ1v) is 6.97. The second-order valence-corrected chi connectivity index (χ2v) is 5.74. The van der Waals surface area contributed by atoms with E-state index in [1.807, 2.05) is 6.92 Å². The maximum atomic E-state index is 12.7. The Morgan fingerprint density at radius 1 is 1.32 bits per heavy atom. The normalized spacial score (nSPS) is 33.3. The van der Waals surface area contributed by atoms with E-state index in [-0.39, 0.29) is 30.8 Å². The fraction of sp³-hybridized carbons (Fsp3) is 0.923. The Morgan fingerprint density at radius 2 is 2.05 bits per heavy atom. The molecule has 0 spiro atoms. The molecule has 3 unspecified atom stereocenters. The number of carbonyl (C=O) groups excluding carboxylic acids is 1. The third-order valence-corrected chi connectivity index (χ3v) is 4.17. The van der Waals surface area contributed by atoms with Crippen LogP contribution in [0.1, 0.15) is 32.6 Å². The fourth-order valence-electron chi connectivity index (χ4n) is 3.06. The second-order valence-electron chi connectivity index (χ2n) is 5.74. The van der Waals surface area contributed by atoms with Gasteiger partial charge in [0.1, 0.15) is 0 Å². The first-order valence-electron chi connectivity index (χ1n) is 6.97. The van der Waals surface area contributed by atoms with Crippen LogP contribution in [0.25, 0.3) is 0 Å². The molecule has 2 rings (SSSR count). The Kier molecular flexibility index (Phi) is 4.38. The van der Waals surface area contributed by atoms with Crippen molar-refractivity contribution in [2.24, 2.45) is 11.8 Å². The van der Waals surface area contributed by atoms with E-state index in [1.165, 1.54) is 4.90 Å². The summed E-state index contributed by atoms with van der Waals surface area (Å²) in [5, 5.41) is 3.25. The predicted molar refractivity (Wildman–Crippen MR) is 65.5 cm³/mol. The zero-order chi connectivity index (χ0) is 14.0. The van der Waals surface area contributed by atoms with E-state index in [0.717, 1.165) is 19.4 Å². The van der Waals surface area contributed by atoms with Gasteiger partial charge in [-0.15, -0.1) is 0 Å². The molecule has 2 saturated heterocycles. The molecule has 0 aromatic rings. The third-order valence-electron chi connectivity index (χ3n) is 4.17. The van der Waals surface area contributed by atoms with Gasteiger partial charge in [-0.2, -0.15) is 13.2 Å². The minimum atomic E-state index is -4.18. The quantitative estimate of drug-likeness (QED) is 0.797. The molecule has 19 heavy (non-hydrogen) atoms. The number of hydrogen-bond acceptors (Lipinski definition) is 2. The Bertz CT molecular complexity index is 332. The lowest BCUT2D eigenvalue weighted by Gasteiger charge is -2.37. The second kappa shape index (κ2) is 5.69. The van der Waals surface area contributed by atoms with Crippen molar-refractivity contribution in [3.8, 4) is 0 Å². The van der Waals surface area contributed by atoms with Crippen molar-refractivity contribution in [2.45, 2.75) is 44.8 Å². The van der Waals surface area contributed by atoms with Crippen LogP contribution in [0.3, 0.4) is 0 Å². The number of alkyl halides is 3. The predicted octanol–water partition coefficient (Wildman–Crippen LogP) is 2.18. The van der Waals surface area contributed by atoms with Crippen LogP contribution in [0.4, 0.5) is 13.2 Å². The number of likely N-dealkylation sites (tertiary alicyclic amines) is 1. The molecule has 0 bridgehead atoms. The summed E-state index contributed by atoms with van der Waals surface area (Å²) >= 11 is 0. The van der Waals surface area contributed by atoms with Crippen LogP contribution in [0.2, 0.25) is 0 Å². The lowest BCUT2D eigenvalue weighted by molar-refractivity contribution is -0.188. The van der Waals surface area contributed by atoms with Gasteiger partial charge in [-0.25, -0.2) is 0 Å². The number of nitrogens with one attached hydrogen (secondary N) is 1. The van der Waals surface area contributed by atoms with Gasteiger partial charge in [0.2, 0.25) is 5.91 Å². The van der Waals surface area contributed by atoms with Crippen LogP contribution >= 0.6 is 0 Å². The minimum absolute atomic E-state index is 0.0812. The summed E-state index contributed by atoms with van der Waals surface area (Å²) in [6, 6.07) is 0.269. The van der Waals surface area contributed by atoms with Gasteiger partial charge in [-0.1, -0.05) is 0 Å². The number of hydrogen-bond donors (Lipinski definition) is 1. The first-order chi connectivity index (χ1) is 8.88. The van der Waals surface area contributed by atoms with Crippen molar-refractivity contribution < 1.29 is 18.0 Å². The van der Waals surface area contributed by atoms with Crippen molar-refractivity contribution in [1.29, 1.82) is 0 Å². The van der Waals surface area contributed by atoms with E-state index < -0.39 is 12.1 Å². The molecule has 1 amide bonds. The zero-order valence-electron chi connectivity index (χ0n) is 11.2. The van der Waals surface area contributed by atoms with Crippen LogP contribution < -0.4 is 5.32 Å². The van der Waals surface area contributed by atoms with Gasteiger partial charge in [0.25, 0.3) is 0 Å². The molecule has 0 aromatic heterocycles. The maximum Gasteiger partial charge on any atom is 0.393 e. The van der Waals surface area contributed by atoms with Gasteiger partial charge in [-0.05, 0) is 39.2 Å². The lowest BCUT2D eigenvalue weighted by Crippen LogP contribution is -2.49. The Balaban J connectivity index is 1.95. The van der Waals surface area contributed by atoms with E-state index >= 15 is 0 Å². The molecule has 6 heteroatoms. The lowest BCUT2D eigenvalue weighted by atomic mass is 9.90. The molecule has 0 aliphatic carbocycles. The number of nitrogens with zero attached hydrogens (tertiary/aromatic N) is 1. The average Bonchev–Trinajstić information content (AvgIpc) is 2.37. The van der Waals surface area contributed by atoms with E-state index in [1.54, 1.807) is 0 Å². The summed E-state index contributed by atoms with van der Waals surface area (Å²) < 4.78 is 38.2. The number of carbonyl (C=O) groups is 1. The molecule has 110 valence electrons. The van der Waals surface area contributed by atoms with Crippen LogP contribution in [0.5, 0.6) is 0 Å². The highest BCUT2D eigenvalue weighted by Crippen LogP contribution is 2.34. The van der Waals surface area contributed by atoms with Gasteiger partial charge < -0.3 is 10.2 Å². The van der Waals surface area contributed by atoms with Crippen molar-refractivity contribution in [1.82, 2.24) is 10.2 Å². The van der Waals surface area contributed by atoms with E-state index in [9.17, 15) is 18.0 Å². The van der Waals surface area contributed by atoms with Gasteiger partial charge in [0.15, 0.2) is 0 Å². The summed E-state index contributed by atoms with van der Waals surface area (Å²) in [6.07, 6.45) is -2.12. The molecule has 1 N–H and O–H groups in total. The Morgan fingerprint density at radius 3 is 2.68 bits per heavy atom. The van der Waals surface area contributed by atoms with E-state index in [4.69, 9.17) is 0 Å². The van der Waals surface area contributed by atoms with Crippen LogP contribution in [0.15, 0.2) is 0 Å². The summed E-state index contributed by atoms with van der Waals surface area (Å²) in [7, 11) is 0. The highest BCUT2D eigenvalue weighted by molar-refractivity contribution is 5.79. The largest absolute Gasteiger partial charge is 0.393 e. The first kappa shape index (κ1) is 14.6. The molecule has 0 radical (unpaired) electrons. The van der Waals surface area contributed by atoms with Gasteiger partial charge in [0.05, 0.1) is 5.92 Å². The topological polar surface area (TPSA) is 32.3 Å². The van der Waals surface area contributed by atoms with E-state index in [2.05, 4.69) is 5.32 Å². The Hall–Kier alpha value is -0.780. The number of piperidine rings is 2. The SMILES string of the molecule is CC1CC(C(=O)N2CCCC(C(F)(F)F)C2)CCN1. The Labute approximate surface area is 111 Å². The molecule has 2 aliphatic rings. The van der Waals surface area contributed by atoms with Crippen molar-refractivity contribution in [3.63, 3.8) is 0 Å². The molecule has 3 atom stereocenters. The highest BCUT2D eigenvalue weighted by Gasteiger charge is 2.43. The zero-order valence-corrected chi connectivity index (χ0v) is 11.2. The molecule has 2 fully saturated rings. The van der Waals surface area contributed by atoms with E-state index in [0.29, 0.717) is 13.0 Å². The summed E-state index contributed by atoms with van der Waals surface area (Å²) in [6.45, 7) is 3.10. The van der Waals surface area contributed by atoms with Gasteiger partial charge >= 0.3 is 6.18 Å². The average molecular weight is 278 g/mol. The highest BCUT2D eigenvalue weighted by atomic mass is 19.4. The molecule has 0 aromatic carbocycles. The van der Waals surface area contributed by atoms with Crippen LogP contribution in [-0.4, -0.2) is 42.7 Å². The molecular formula is C13H21F3N2O.